The molecular weight excluding hydrogens is 454 g/mol. The third-order valence-corrected chi connectivity index (χ3v) is 7.68. The molecule has 8 heteroatoms. The van der Waals surface area contributed by atoms with Crippen molar-refractivity contribution in [3.05, 3.63) is 58.7 Å². The van der Waals surface area contributed by atoms with Crippen LogP contribution in [0.3, 0.4) is 0 Å². The van der Waals surface area contributed by atoms with Crippen LogP contribution in [0.4, 0.5) is 0 Å². The molecule has 0 radical (unpaired) electrons. The lowest BCUT2D eigenvalue weighted by atomic mass is 10.1. The van der Waals surface area contributed by atoms with Gasteiger partial charge in [0.05, 0.1) is 15.9 Å². The summed E-state index contributed by atoms with van der Waals surface area (Å²) >= 11 is 7.91. The summed E-state index contributed by atoms with van der Waals surface area (Å²) in [4.78, 5) is 20.8. The molecule has 1 aliphatic heterocycles. The molecule has 1 aliphatic rings. The molecular formula is C25H28ClN5OS. The minimum absolute atomic E-state index is 0.0168. The molecule has 0 aliphatic carbocycles. The molecule has 172 valence electrons. The first-order chi connectivity index (χ1) is 16.1. The fourth-order valence-electron chi connectivity index (χ4n) is 4.44. The van der Waals surface area contributed by atoms with Crippen LogP contribution in [-0.2, 0) is 6.54 Å². The smallest absolute Gasteiger partial charge is 0.251 e. The Balaban J connectivity index is 1.27. The Kier molecular flexibility index (Phi) is 6.64. The number of halogens is 1. The van der Waals surface area contributed by atoms with Gasteiger partial charge in [-0.2, -0.15) is 0 Å². The van der Waals surface area contributed by atoms with Gasteiger partial charge in [0.25, 0.3) is 5.91 Å². The SMILES string of the molecule is NCc1ccc(-c2cn3c(n2)sc2cc(C(=O)NCCCN4CCCCC4)ccc23)cc1Cl. The third kappa shape index (κ3) is 4.77. The lowest BCUT2D eigenvalue weighted by Crippen LogP contribution is -2.33. The lowest BCUT2D eigenvalue weighted by molar-refractivity contribution is 0.0951. The van der Waals surface area contributed by atoms with E-state index in [1.807, 2.05) is 42.6 Å². The van der Waals surface area contributed by atoms with Crippen LogP contribution in [0.1, 0.15) is 41.6 Å². The zero-order valence-electron chi connectivity index (χ0n) is 18.5. The van der Waals surface area contributed by atoms with Gasteiger partial charge in [-0.1, -0.05) is 41.5 Å². The number of benzene rings is 2. The second kappa shape index (κ2) is 9.81. The quantitative estimate of drug-likeness (QED) is 0.367. The first-order valence-corrected chi connectivity index (χ1v) is 12.7. The van der Waals surface area contributed by atoms with E-state index in [0.717, 1.165) is 45.0 Å². The number of piperidine rings is 1. The summed E-state index contributed by atoms with van der Waals surface area (Å²) in [5, 5.41) is 3.73. The minimum Gasteiger partial charge on any atom is -0.352 e. The van der Waals surface area contributed by atoms with Crippen LogP contribution in [0, 0.1) is 0 Å². The Morgan fingerprint density at radius 3 is 2.79 bits per heavy atom. The molecule has 6 nitrogen and oxygen atoms in total. The largest absolute Gasteiger partial charge is 0.352 e. The number of carbonyl (C=O) groups is 1. The molecule has 2 aromatic carbocycles. The summed E-state index contributed by atoms with van der Waals surface area (Å²) in [6.45, 7) is 4.56. The standard InChI is InChI=1S/C25H28ClN5OS/c26-20-13-17(5-6-19(20)15-27)21-16-31-22-8-7-18(14-23(22)33-25(31)29-21)24(32)28-9-4-12-30-10-2-1-3-11-30/h5-8,13-14,16H,1-4,9-12,15,27H2,(H,28,32). The van der Waals surface area contributed by atoms with Crippen molar-refractivity contribution in [3.63, 3.8) is 0 Å². The number of hydrogen-bond donors (Lipinski definition) is 2. The van der Waals surface area contributed by atoms with E-state index in [-0.39, 0.29) is 5.91 Å². The fourth-order valence-corrected chi connectivity index (χ4v) is 5.75. The molecule has 5 rings (SSSR count). The van der Waals surface area contributed by atoms with Gasteiger partial charge in [-0.3, -0.25) is 9.20 Å². The number of likely N-dealkylation sites (tertiary alicyclic amines) is 1. The van der Waals surface area contributed by atoms with Crippen LogP contribution in [0.25, 0.3) is 26.4 Å². The van der Waals surface area contributed by atoms with E-state index in [1.165, 1.54) is 32.4 Å². The lowest BCUT2D eigenvalue weighted by Gasteiger charge is -2.26. The van der Waals surface area contributed by atoms with E-state index < -0.39 is 0 Å². The molecule has 0 spiro atoms. The maximum Gasteiger partial charge on any atom is 0.251 e. The molecule has 4 aromatic rings. The molecule has 0 atom stereocenters. The van der Waals surface area contributed by atoms with Gasteiger partial charge in [0, 0.05) is 35.4 Å². The molecule has 2 aromatic heterocycles. The molecule has 1 saturated heterocycles. The van der Waals surface area contributed by atoms with E-state index >= 15 is 0 Å². The van der Waals surface area contributed by atoms with E-state index in [4.69, 9.17) is 22.3 Å². The molecule has 3 N–H and O–H groups in total. The number of amides is 1. The Morgan fingerprint density at radius 1 is 1.15 bits per heavy atom. The predicted molar refractivity (Wildman–Crippen MR) is 136 cm³/mol. The number of imidazole rings is 1. The van der Waals surface area contributed by atoms with Gasteiger partial charge < -0.3 is 16.0 Å². The van der Waals surface area contributed by atoms with E-state index in [9.17, 15) is 4.79 Å². The van der Waals surface area contributed by atoms with Crippen LogP contribution >= 0.6 is 22.9 Å². The Labute approximate surface area is 202 Å². The highest BCUT2D eigenvalue weighted by atomic mass is 35.5. The fraction of sp³-hybridized carbons (Fsp3) is 0.360. The van der Waals surface area contributed by atoms with Crippen molar-refractivity contribution in [1.82, 2.24) is 19.6 Å². The Hall–Kier alpha value is -2.45. The van der Waals surface area contributed by atoms with Crippen molar-refractivity contribution in [3.8, 4) is 11.3 Å². The Bertz CT molecular complexity index is 1290. The van der Waals surface area contributed by atoms with Gasteiger partial charge in [-0.15, -0.1) is 0 Å². The van der Waals surface area contributed by atoms with Crippen LogP contribution in [-0.4, -0.2) is 46.4 Å². The number of nitrogens with one attached hydrogen (secondary N) is 1. The van der Waals surface area contributed by atoms with Gasteiger partial charge in [-0.25, -0.2) is 4.98 Å². The molecule has 0 unspecified atom stereocenters. The maximum atomic E-state index is 12.7. The average Bonchev–Trinajstić information content (AvgIpc) is 3.40. The maximum absolute atomic E-state index is 12.7. The first-order valence-electron chi connectivity index (χ1n) is 11.5. The zero-order valence-corrected chi connectivity index (χ0v) is 20.1. The van der Waals surface area contributed by atoms with Crippen LogP contribution in [0.2, 0.25) is 5.02 Å². The van der Waals surface area contributed by atoms with Gasteiger partial charge in [0.1, 0.15) is 0 Å². The normalized spacial score (nSPS) is 14.8. The highest BCUT2D eigenvalue weighted by molar-refractivity contribution is 7.23. The second-order valence-corrected chi connectivity index (χ2v) is 10.0. The van der Waals surface area contributed by atoms with Crippen molar-refractivity contribution < 1.29 is 4.79 Å². The van der Waals surface area contributed by atoms with Gasteiger partial charge in [0.2, 0.25) is 0 Å². The highest BCUT2D eigenvalue weighted by Crippen LogP contribution is 2.31. The minimum atomic E-state index is -0.0168. The van der Waals surface area contributed by atoms with Gasteiger partial charge in [-0.05, 0) is 68.7 Å². The van der Waals surface area contributed by atoms with Crippen molar-refractivity contribution >= 4 is 44.0 Å². The number of thiazole rings is 1. The number of aromatic nitrogens is 2. The topological polar surface area (TPSA) is 75.7 Å². The molecule has 1 fully saturated rings. The summed E-state index contributed by atoms with van der Waals surface area (Å²) in [6, 6.07) is 11.7. The van der Waals surface area contributed by atoms with Crippen LogP contribution < -0.4 is 11.1 Å². The summed E-state index contributed by atoms with van der Waals surface area (Å²) < 4.78 is 3.11. The van der Waals surface area contributed by atoms with Crippen LogP contribution in [0.15, 0.2) is 42.6 Å². The van der Waals surface area contributed by atoms with Gasteiger partial charge >= 0.3 is 0 Å². The van der Waals surface area contributed by atoms with Crippen molar-refractivity contribution in [2.75, 3.05) is 26.2 Å². The van der Waals surface area contributed by atoms with Gasteiger partial charge in [0.15, 0.2) is 4.96 Å². The van der Waals surface area contributed by atoms with Crippen molar-refractivity contribution in [2.45, 2.75) is 32.2 Å². The van der Waals surface area contributed by atoms with E-state index in [1.54, 1.807) is 11.3 Å². The summed E-state index contributed by atoms with van der Waals surface area (Å²) in [7, 11) is 0. The van der Waals surface area contributed by atoms with E-state index in [2.05, 4.69) is 14.6 Å². The number of hydrogen-bond acceptors (Lipinski definition) is 5. The van der Waals surface area contributed by atoms with E-state index in [0.29, 0.717) is 23.7 Å². The molecule has 1 amide bonds. The Morgan fingerprint density at radius 2 is 2.00 bits per heavy atom. The number of rotatable bonds is 7. The summed E-state index contributed by atoms with van der Waals surface area (Å²) in [6.07, 6.45) is 6.95. The number of fused-ring (bicyclic) bond motifs is 3. The highest BCUT2D eigenvalue weighted by Gasteiger charge is 2.14. The molecule has 0 saturated carbocycles. The first kappa shape index (κ1) is 22.3. The monoisotopic (exact) mass is 481 g/mol. The predicted octanol–water partition coefficient (Wildman–Crippen LogP) is 4.93. The number of carbonyl (C=O) groups excluding carboxylic acids is 1. The van der Waals surface area contributed by atoms with Crippen LogP contribution in [0.5, 0.6) is 0 Å². The van der Waals surface area contributed by atoms with Crippen molar-refractivity contribution in [1.29, 1.82) is 0 Å². The second-order valence-electron chi connectivity index (χ2n) is 8.59. The molecule has 3 heterocycles. The molecule has 33 heavy (non-hydrogen) atoms. The third-order valence-electron chi connectivity index (χ3n) is 6.31. The zero-order chi connectivity index (χ0) is 22.8. The van der Waals surface area contributed by atoms with Crippen molar-refractivity contribution in [2.24, 2.45) is 5.73 Å². The average molecular weight is 482 g/mol. The number of nitrogens with zero attached hydrogens (tertiary/aromatic N) is 3. The molecule has 0 bridgehead atoms. The summed E-state index contributed by atoms with van der Waals surface area (Å²) in [5.74, 6) is -0.0168. The number of nitrogens with two attached hydrogens (primary N) is 1. The summed E-state index contributed by atoms with van der Waals surface area (Å²) in [5.41, 5.74) is 10.2.